The van der Waals surface area contributed by atoms with Gasteiger partial charge in [-0.3, -0.25) is 16.3 Å². The van der Waals surface area contributed by atoms with Crippen LogP contribution in [0.25, 0.3) is 0 Å². The summed E-state index contributed by atoms with van der Waals surface area (Å²) in [5.74, 6) is 5.33. The van der Waals surface area contributed by atoms with Crippen LogP contribution in [-0.2, 0) is 0 Å². The van der Waals surface area contributed by atoms with Crippen molar-refractivity contribution < 1.29 is 0 Å². The summed E-state index contributed by atoms with van der Waals surface area (Å²) in [5.41, 5.74) is 5.96. The fourth-order valence-corrected chi connectivity index (χ4v) is 1.21. The largest absolute Gasteiger partial charge is 0.271 e. The van der Waals surface area contributed by atoms with Crippen LogP contribution in [0.5, 0.6) is 0 Å². The Morgan fingerprint density at radius 3 is 2.25 bits per heavy atom. The zero-order chi connectivity index (χ0) is 9.14. The predicted molar refractivity (Wildman–Crippen MR) is 49.4 cm³/mol. The maximum absolute atomic E-state index is 5.33. The van der Waals surface area contributed by atoms with E-state index in [1.165, 1.54) is 5.56 Å². The molecule has 1 aromatic rings. The number of nitrogens with one attached hydrogen (secondary N) is 1. The summed E-state index contributed by atoms with van der Waals surface area (Å²) in [5, 5.41) is 0. The monoisotopic (exact) mass is 165 g/mol. The van der Waals surface area contributed by atoms with Gasteiger partial charge >= 0.3 is 0 Å². The van der Waals surface area contributed by atoms with Gasteiger partial charge in [0.2, 0.25) is 0 Å². The van der Waals surface area contributed by atoms with E-state index in [2.05, 4.69) is 10.4 Å². The van der Waals surface area contributed by atoms with Gasteiger partial charge < -0.3 is 0 Å². The van der Waals surface area contributed by atoms with Crippen molar-refractivity contribution in [2.75, 3.05) is 0 Å². The molecule has 12 heavy (non-hydrogen) atoms. The van der Waals surface area contributed by atoms with Crippen LogP contribution in [0.2, 0.25) is 0 Å². The summed E-state index contributed by atoms with van der Waals surface area (Å²) < 4.78 is 0. The molecule has 0 fully saturated rings. The Hall–Kier alpha value is -0.930. The fraction of sp³-hybridized carbons (Fsp3) is 0.444. The van der Waals surface area contributed by atoms with Crippen molar-refractivity contribution in [3.05, 3.63) is 29.1 Å². The SMILES string of the molecule is Cc1cc(C(C)NN)cc(C)n1. The Morgan fingerprint density at radius 1 is 1.33 bits per heavy atom. The molecule has 0 bridgehead atoms. The highest BCUT2D eigenvalue weighted by molar-refractivity contribution is 5.22. The Balaban J connectivity index is 3.00. The first-order valence-electron chi connectivity index (χ1n) is 4.05. The number of aromatic nitrogens is 1. The first kappa shape index (κ1) is 9.16. The maximum Gasteiger partial charge on any atom is 0.0433 e. The van der Waals surface area contributed by atoms with Gasteiger partial charge in [-0.15, -0.1) is 0 Å². The number of nitrogens with two attached hydrogens (primary N) is 1. The van der Waals surface area contributed by atoms with E-state index in [9.17, 15) is 0 Å². The zero-order valence-electron chi connectivity index (χ0n) is 7.76. The molecule has 0 saturated heterocycles. The lowest BCUT2D eigenvalue weighted by Crippen LogP contribution is -2.25. The third-order valence-corrected chi connectivity index (χ3v) is 1.85. The van der Waals surface area contributed by atoms with Crippen LogP contribution in [0.4, 0.5) is 0 Å². The van der Waals surface area contributed by atoms with Crippen molar-refractivity contribution in [2.45, 2.75) is 26.8 Å². The molecule has 1 unspecified atom stereocenters. The highest BCUT2D eigenvalue weighted by Gasteiger charge is 2.03. The van der Waals surface area contributed by atoms with Gasteiger partial charge in [-0.1, -0.05) is 0 Å². The van der Waals surface area contributed by atoms with Gasteiger partial charge in [0.25, 0.3) is 0 Å². The second-order valence-corrected chi connectivity index (χ2v) is 3.07. The van der Waals surface area contributed by atoms with Crippen LogP contribution >= 0.6 is 0 Å². The first-order valence-corrected chi connectivity index (χ1v) is 4.05. The van der Waals surface area contributed by atoms with E-state index in [1.807, 2.05) is 32.9 Å². The summed E-state index contributed by atoms with van der Waals surface area (Å²) in [6.45, 7) is 5.99. The smallest absolute Gasteiger partial charge is 0.0433 e. The minimum Gasteiger partial charge on any atom is -0.271 e. The maximum atomic E-state index is 5.33. The molecule has 0 saturated carbocycles. The van der Waals surface area contributed by atoms with Gasteiger partial charge in [0.1, 0.15) is 0 Å². The molecule has 3 heteroatoms. The Morgan fingerprint density at radius 2 is 1.83 bits per heavy atom. The van der Waals surface area contributed by atoms with Crippen molar-refractivity contribution in [1.82, 2.24) is 10.4 Å². The normalized spacial score (nSPS) is 13.0. The molecule has 1 atom stereocenters. The van der Waals surface area contributed by atoms with Gasteiger partial charge in [-0.2, -0.15) is 0 Å². The highest BCUT2D eigenvalue weighted by Crippen LogP contribution is 2.12. The van der Waals surface area contributed by atoms with Crippen LogP contribution in [0.15, 0.2) is 12.1 Å². The molecule has 1 rings (SSSR count). The van der Waals surface area contributed by atoms with E-state index in [4.69, 9.17) is 5.84 Å². The number of rotatable bonds is 2. The standard InChI is InChI=1S/C9H15N3/c1-6-4-9(8(3)12-10)5-7(2)11-6/h4-5,8,12H,10H2,1-3H3. The average Bonchev–Trinajstić information content (AvgIpc) is 2.01. The fourth-order valence-electron chi connectivity index (χ4n) is 1.21. The zero-order valence-corrected chi connectivity index (χ0v) is 7.76. The van der Waals surface area contributed by atoms with Crippen LogP contribution in [0.3, 0.4) is 0 Å². The van der Waals surface area contributed by atoms with E-state index in [1.54, 1.807) is 0 Å². The van der Waals surface area contributed by atoms with E-state index in [-0.39, 0.29) is 6.04 Å². The molecule has 0 aromatic carbocycles. The summed E-state index contributed by atoms with van der Waals surface area (Å²) >= 11 is 0. The van der Waals surface area contributed by atoms with E-state index < -0.39 is 0 Å². The summed E-state index contributed by atoms with van der Waals surface area (Å²) in [7, 11) is 0. The third-order valence-electron chi connectivity index (χ3n) is 1.85. The molecule has 0 aliphatic heterocycles. The van der Waals surface area contributed by atoms with Gasteiger partial charge in [-0.05, 0) is 38.5 Å². The lowest BCUT2D eigenvalue weighted by atomic mass is 10.1. The Kier molecular flexibility index (Phi) is 2.78. The summed E-state index contributed by atoms with van der Waals surface area (Å²) in [4.78, 5) is 4.28. The highest BCUT2D eigenvalue weighted by atomic mass is 15.2. The molecule has 3 nitrogen and oxygen atoms in total. The number of pyridine rings is 1. The second kappa shape index (κ2) is 3.65. The van der Waals surface area contributed by atoms with Crippen molar-refractivity contribution >= 4 is 0 Å². The van der Waals surface area contributed by atoms with Crippen molar-refractivity contribution in [2.24, 2.45) is 5.84 Å². The molecule has 0 aliphatic rings. The lowest BCUT2D eigenvalue weighted by Gasteiger charge is -2.11. The topological polar surface area (TPSA) is 50.9 Å². The molecule has 0 spiro atoms. The number of aryl methyl sites for hydroxylation is 2. The molecule has 0 amide bonds. The van der Waals surface area contributed by atoms with Crippen LogP contribution < -0.4 is 11.3 Å². The molecule has 1 heterocycles. The molecule has 0 radical (unpaired) electrons. The molecule has 1 aromatic heterocycles. The van der Waals surface area contributed by atoms with Crippen molar-refractivity contribution in [1.29, 1.82) is 0 Å². The Bertz CT molecular complexity index is 250. The second-order valence-electron chi connectivity index (χ2n) is 3.07. The summed E-state index contributed by atoms with van der Waals surface area (Å²) in [6, 6.07) is 4.26. The van der Waals surface area contributed by atoms with E-state index in [0.29, 0.717) is 0 Å². The number of hydrogen-bond acceptors (Lipinski definition) is 3. The molecular weight excluding hydrogens is 150 g/mol. The predicted octanol–water partition coefficient (Wildman–Crippen LogP) is 1.22. The number of hydrogen-bond donors (Lipinski definition) is 2. The minimum atomic E-state index is 0.186. The molecular formula is C9H15N3. The van der Waals surface area contributed by atoms with Crippen LogP contribution in [0, 0.1) is 13.8 Å². The molecule has 0 aliphatic carbocycles. The quantitative estimate of drug-likeness (QED) is 0.512. The van der Waals surface area contributed by atoms with Crippen LogP contribution in [0.1, 0.15) is 29.9 Å². The minimum absolute atomic E-state index is 0.186. The van der Waals surface area contributed by atoms with Crippen LogP contribution in [-0.4, -0.2) is 4.98 Å². The van der Waals surface area contributed by atoms with Gasteiger partial charge in [-0.25, -0.2) is 0 Å². The third kappa shape index (κ3) is 2.03. The van der Waals surface area contributed by atoms with Crippen molar-refractivity contribution in [3.63, 3.8) is 0 Å². The van der Waals surface area contributed by atoms with Crippen molar-refractivity contribution in [3.8, 4) is 0 Å². The lowest BCUT2D eigenvalue weighted by molar-refractivity contribution is 0.600. The van der Waals surface area contributed by atoms with E-state index >= 15 is 0 Å². The molecule has 3 N–H and O–H groups in total. The van der Waals surface area contributed by atoms with Gasteiger partial charge in [0.15, 0.2) is 0 Å². The number of nitrogens with zero attached hydrogens (tertiary/aromatic N) is 1. The first-order chi connectivity index (χ1) is 5.63. The Labute approximate surface area is 73.0 Å². The number of hydrazine groups is 1. The average molecular weight is 165 g/mol. The van der Waals surface area contributed by atoms with Gasteiger partial charge in [0, 0.05) is 17.4 Å². The summed E-state index contributed by atoms with van der Waals surface area (Å²) in [6.07, 6.45) is 0. The van der Waals surface area contributed by atoms with E-state index in [0.717, 1.165) is 11.4 Å². The molecule has 66 valence electrons. The van der Waals surface area contributed by atoms with Gasteiger partial charge in [0.05, 0.1) is 0 Å².